The fourth-order valence-electron chi connectivity index (χ4n) is 1.70. The van der Waals surface area contributed by atoms with E-state index < -0.39 is 0 Å². The molecular formula is C14H23N. The molecule has 1 saturated heterocycles. The predicted molar refractivity (Wildman–Crippen MR) is 67.7 cm³/mol. The Kier molecular flexibility index (Phi) is 3.78. The first-order valence-corrected chi connectivity index (χ1v) is 5.69. The van der Waals surface area contributed by atoms with Crippen LogP contribution in [0, 0.1) is 5.41 Å². The first kappa shape index (κ1) is 12.1. The van der Waals surface area contributed by atoms with Crippen molar-refractivity contribution in [3.8, 4) is 0 Å². The van der Waals surface area contributed by atoms with E-state index in [2.05, 4.69) is 44.9 Å². The second-order valence-electron chi connectivity index (χ2n) is 5.49. The van der Waals surface area contributed by atoms with Gasteiger partial charge >= 0.3 is 0 Å². The monoisotopic (exact) mass is 205 g/mol. The molecule has 0 aliphatic carbocycles. The van der Waals surface area contributed by atoms with Gasteiger partial charge in [0.15, 0.2) is 0 Å². The largest absolute Gasteiger partial charge is 0.372 e. The van der Waals surface area contributed by atoms with Crippen molar-refractivity contribution in [2.75, 3.05) is 13.1 Å². The average molecular weight is 205 g/mol. The van der Waals surface area contributed by atoms with Crippen molar-refractivity contribution in [1.29, 1.82) is 0 Å². The SMILES string of the molecule is C=C/C(=C\C(=C)N1CCC1)CC(C)(C)C. The number of allylic oxidation sites excluding steroid dienone is 3. The first-order valence-electron chi connectivity index (χ1n) is 5.69. The Morgan fingerprint density at radius 2 is 1.93 bits per heavy atom. The van der Waals surface area contributed by atoms with Gasteiger partial charge in [-0.05, 0) is 29.9 Å². The molecule has 1 rings (SSSR count). The molecule has 0 radical (unpaired) electrons. The Morgan fingerprint density at radius 1 is 1.33 bits per heavy atom. The lowest BCUT2D eigenvalue weighted by Gasteiger charge is -2.34. The lowest BCUT2D eigenvalue weighted by molar-refractivity contribution is 0.247. The zero-order chi connectivity index (χ0) is 11.5. The molecule has 0 unspecified atom stereocenters. The van der Waals surface area contributed by atoms with Gasteiger partial charge in [-0.25, -0.2) is 0 Å². The molecule has 0 aromatic rings. The van der Waals surface area contributed by atoms with Gasteiger partial charge in [0.1, 0.15) is 0 Å². The summed E-state index contributed by atoms with van der Waals surface area (Å²) in [6, 6.07) is 0. The summed E-state index contributed by atoms with van der Waals surface area (Å²) in [5.74, 6) is 0. The van der Waals surface area contributed by atoms with Crippen LogP contribution in [0.25, 0.3) is 0 Å². The molecule has 84 valence electrons. The van der Waals surface area contributed by atoms with Crippen LogP contribution in [0.15, 0.2) is 36.6 Å². The van der Waals surface area contributed by atoms with Gasteiger partial charge in [0.2, 0.25) is 0 Å². The average Bonchev–Trinajstić information content (AvgIpc) is 1.96. The van der Waals surface area contributed by atoms with Crippen molar-refractivity contribution in [2.45, 2.75) is 33.6 Å². The van der Waals surface area contributed by atoms with Gasteiger partial charge in [0, 0.05) is 18.8 Å². The maximum absolute atomic E-state index is 4.10. The lowest BCUT2D eigenvalue weighted by atomic mass is 9.87. The molecule has 0 aromatic carbocycles. The highest BCUT2D eigenvalue weighted by Gasteiger charge is 2.15. The smallest absolute Gasteiger partial charge is 0.0295 e. The maximum atomic E-state index is 4.10. The zero-order valence-corrected chi connectivity index (χ0v) is 10.3. The fraction of sp³-hybridized carbons (Fsp3) is 0.571. The minimum Gasteiger partial charge on any atom is -0.372 e. The molecule has 1 heteroatoms. The minimum absolute atomic E-state index is 0.315. The van der Waals surface area contributed by atoms with E-state index in [1.807, 2.05) is 6.08 Å². The van der Waals surface area contributed by atoms with Crippen LogP contribution >= 0.6 is 0 Å². The van der Waals surface area contributed by atoms with Crippen molar-refractivity contribution < 1.29 is 0 Å². The molecule has 0 bridgehead atoms. The second-order valence-corrected chi connectivity index (χ2v) is 5.49. The molecule has 15 heavy (non-hydrogen) atoms. The van der Waals surface area contributed by atoms with Gasteiger partial charge in [0.25, 0.3) is 0 Å². The van der Waals surface area contributed by atoms with Gasteiger partial charge in [-0.15, -0.1) is 0 Å². The van der Waals surface area contributed by atoms with Crippen molar-refractivity contribution in [3.05, 3.63) is 36.6 Å². The Balaban J connectivity index is 2.60. The number of rotatable bonds is 4. The standard InChI is InChI=1S/C14H23N/c1-6-13(11-14(3,4)5)10-12(2)15-8-7-9-15/h6,10H,1-2,7-9,11H2,3-5H3/b13-10+. The molecule has 1 fully saturated rings. The van der Waals surface area contributed by atoms with E-state index in [9.17, 15) is 0 Å². The molecule has 1 aliphatic heterocycles. The third-order valence-electron chi connectivity index (χ3n) is 2.61. The van der Waals surface area contributed by atoms with Crippen LogP contribution in [0.3, 0.4) is 0 Å². The number of likely N-dealkylation sites (tertiary alicyclic amines) is 1. The first-order chi connectivity index (χ1) is 6.92. The fourth-order valence-corrected chi connectivity index (χ4v) is 1.70. The van der Waals surface area contributed by atoms with E-state index in [1.165, 1.54) is 12.0 Å². The van der Waals surface area contributed by atoms with E-state index in [0.717, 1.165) is 25.2 Å². The minimum atomic E-state index is 0.315. The maximum Gasteiger partial charge on any atom is 0.0295 e. The topological polar surface area (TPSA) is 3.24 Å². The number of hydrogen-bond acceptors (Lipinski definition) is 1. The molecule has 0 atom stereocenters. The third kappa shape index (κ3) is 3.94. The molecule has 0 aromatic heterocycles. The molecule has 1 aliphatic rings. The van der Waals surface area contributed by atoms with Crippen LogP contribution in [-0.2, 0) is 0 Å². The molecular weight excluding hydrogens is 182 g/mol. The van der Waals surface area contributed by atoms with E-state index in [1.54, 1.807) is 0 Å². The summed E-state index contributed by atoms with van der Waals surface area (Å²) in [6.07, 6.45) is 6.49. The highest BCUT2D eigenvalue weighted by Crippen LogP contribution is 2.26. The Bertz CT molecular complexity index is 274. The Labute approximate surface area is 94.2 Å². The second kappa shape index (κ2) is 4.69. The molecule has 1 nitrogen and oxygen atoms in total. The third-order valence-corrected chi connectivity index (χ3v) is 2.61. The normalized spacial score (nSPS) is 17.3. The molecule has 0 saturated carbocycles. The van der Waals surface area contributed by atoms with Crippen LogP contribution in [-0.4, -0.2) is 18.0 Å². The highest BCUT2D eigenvalue weighted by molar-refractivity contribution is 5.28. The van der Waals surface area contributed by atoms with Crippen LogP contribution in [0.4, 0.5) is 0 Å². The highest BCUT2D eigenvalue weighted by atomic mass is 15.2. The summed E-state index contributed by atoms with van der Waals surface area (Å²) in [4.78, 5) is 2.31. The predicted octanol–water partition coefficient (Wildman–Crippen LogP) is 3.75. The van der Waals surface area contributed by atoms with Crippen LogP contribution in [0.2, 0.25) is 0 Å². The van der Waals surface area contributed by atoms with Crippen LogP contribution in [0.5, 0.6) is 0 Å². The van der Waals surface area contributed by atoms with Crippen molar-refractivity contribution in [3.63, 3.8) is 0 Å². The zero-order valence-electron chi connectivity index (χ0n) is 10.3. The number of hydrogen-bond donors (Lipinski definition) is 0. The van der Waals surface area contributed by atoms with Crippen molar-refractivity contribution >= 4 is 0 Å². The summed E-state index contributed by atoms with van der Waals surface area (Å²) < 4.78 is 0. The van der Waals surface area contributed by atoms with Gasteiger partial charge < -0.3 is 4.90 Å². The molecule has 0 amide bonds. The van der Waals surface area contributed by atoms with E-state index in [-0.39, 0.29) is 0 Å². The van der Waals surface area contributed by atoms with Crippen LogP contribution in [0.1, 0.15) is 33.6 Å². The van der Waals surface area contributed by atoms with Crippen molar-refractivity contribution in [2.24, 2.45) is 5.41 Å². The van der Waals surface area contributed by atoms with Gasteiger partial charge in [0.05, 0.1) is 0 Å². The van der Waals surface area contributed by atoms with E-state index in [0.29, 0.717) is 5.41 Å². The van der Waals surface area contributed by atoms with Gasteiger partial charge in [-0.3, -0.25) is 0 Å². The summed E-state index contributed by atoms with van der Waals surface area (Å²) in [6.45, 7) is 17.0. The summed E-state index contributed by atoms with van der Waals surface area (Å²) in [7, 11) is 0. The Morgan fingerprint density at radius 3 is 2.27 bits per heavy atom. The quantitative estimate of drug-likeness (QED) is 0.632. The van der Waals surface area contributed by atoms with Gasteiger partial charge in [-0.1, -0.05) is 40.0 Å². The Hall–Kier alpha value is -0.980. The van der Waals surface area contributed by atoms with Crippen LogP contribution < -0.4 is 0 Å². The number of nitrogens with zero attached hydrogens (tertiary/aromatic N) is 1. The summed E-state index contributed by atoms with van der Waals surface area (Å²) in [5, 5.41) is 0. The lowest BCUT2D eigenvalue weighted by Crippen LogP contribution is -2.35. The summed E-state index contributed by atoms with van der Waals surface area (Å²) >= 11 is 0. The van der Waals surface area contributed by atoms with Crippen molar-refractivity contribution in [1.82, 2.24) is 4.90 Å². The molecule has 0 spiro atoms. The molecule has 0 N–H and O–H groups in total. The van der Waals surface area contributed by atoms with E-state index in [4.69, 9.17) is 0 Å². The molecule has 1 heterocycles. The van der Waals surface area contributed by atoms with Gasteiger partial charge in [-0.2, -0.15) is 0 Å². The van der Waals surface area contributed by atoms with E-state index >= 15 is 0 Å². The summed E-state index contributed by atoms with van der Waals surface area (Å²) in [5.41, 5.74) is 2.75.